The van der Waals surface area contributed by atoms with Gasteiger partial charge in [0.25, 0.3) is 5.91 Å². The van der Waals surface area contributed by atoms with Crippen molar-refractivity contribution in [3.8, 4) is 5.75 Å². The van der Waals surface area contributed by atoms with E-state index in [1.165, 1.54) is 0 Å². The Balaban J connectivity index is 2.55. The van der Waals surface area contributed by atoms with Crippen LogP contribution in [0.1, 0.15) is 12.5 Å². The molecule has 100 valence electrons. The lowest BCUT2D eigenvalue weighted by atomic mass is 10.2. The van der Waals surface area contributed by atoms with Crippen LogP contribution in [-0.4, -0.2) is 37.3 Å². The van der Waals surface area contributed by atoms with Crippen molar-refractivity contribution in [3.63, 3.8) is 0 Å². The van der Waals surface area contributed by atoms with Gasteiger partial charge < -0.3 is 20.5 Å². The lowest BCUT2D eigenvalue weighted by molar-refractivity contribution is -0.649. The van der Waals surface area contributed by atoms with Crippen LogP contribution in [0.25, 0.3) is 0 Å². The van der Waals surface area contributed by atoms with Crippen molar-refractivity contribution < 1.29 is 20.0 Å². The summed E-state index contributed by atoms with van der Waals surface area (Å²) in [4.78, 5) is 11.7. The van der Waals surface area contributed by atoms with E-state index in [9.17, 15) is 4.79 Å². The Kier molecular flexibility index (Phi) is 5.61. The molecule has 1 rings (SSSR count). The number of benzene rings is 1. The number of carbonyl (C=O) groups is 1. The molecule has 18 heavy (non-hydrogen) atoms. The normalized spacial score (nSPS) is 12.0. The number of aliphatic hydroxyl groups excluding tert-OH is 1. The van der Waals surface area contributed by atoms with Crippen LogP contribution in [0.15, 0.2) is 18.2 Å². The number of methoxy groups -OCH3 is 1. The van der Waals surface area contributed by atoms with E-state index in [-0.39, 0.29) is 12.5 Å². The van der Waals surface area contributed by atoms with E-state index >= 15 is 0 Å². The fraction of sp³-hybridized carbons (Fsp3) is 0.462. The molecular formula is C13H21N2O3+. The van der Waals surface area contributed by atoms with Gasteiger partial charge in [-0.2, -0.15) is 0 Å². The maximum atomic E-state index is 11.7. The Morgan fingerprint density at radius 1 is 1.56 bits per heavy atom. The molecule has 0 aliphatic heterocycles. The summed E-state index contributed by atoms with van der Waals surface area (Å²) in [6.45, 7) is 4.44. The van der Waals surface area contributed by atoms with Gasteiger partial charge in [0.15, 0.2) is 6.54 Å². The van der Waals surface area contributed by atoms with Crippen LogP contribution >= 0.6 is 0 Å². The van der Waals surface area contributed by atoms with E-state index in [1.54, 1.807) is 19.4 Å². The lowest BCUT2D eigenvalue weighted by Gasteiger charge is -2.10. The van der Waals surface area contributed by atoms with Gasteiger partial charge in [0.2, 0.25) is 0 Å². The molecule has 0 aromatic heterocycles. The van der Waals surface area contributed by atoms with Crippen molar-refractivity contribution in [2.45, 2.75) is 20.0 Å². The Labute approximate surface area is 107 Å². The molecule has 0 fully saturated rings. The first-order valence-corrected chi connectivity index (χ1v) is 5.97. The van der Waals surface area contributed by atoms with Crippen LogP contribution in [0, 0.1) is 6.92 Å². The molecule has 0 spiro atoms. The van der Waals surface area contributed by atoms with E-state index in [2.05, 4.69) is 5.32 Å². The molecule has 1 aromatic rings. The van der Waals surface area contributed by atoms with Gasteiger partial charge in [-0.25, -0.2) is 0 Å². The minimum atomic E-state index is -0.411. The number of carbonyl (C=O) groups excluding carboxylic acids is 1. The molecule has 0 saturated heterocycles. The second kappa shape index (κ2) is 6.98. The quantitative estimate of drug-likeness (QED) is 0.662. The summed E-state index contributed by atoms with van der Waals surface area (Å²) in [7, 11) is 1.57. The first-order valence-electron chi connectivity index (χ1n) is 5.97. The fourth-order valence-corrected chi connectivity index (χ4v) is 1.58. The smallest absolute Gasteiger partial charge is 0.279 e. The van der Waals surface area contributed by atoms with Crippen LogP contribution < -0.4 is 15.4 Å². The van der Waals surface area contributed by atoms with Gasteiger partial charge in [0.05, 0.1) is 18.9 Å². The zero-order valence-corrected chi connectivity index (χ0v) is 11.1. The predicted octanol–water partition coefficient (Wildman–Crippen LogP) is -0.114. The molecule has 0 radical (unpaired) electrons. The van der Waals surface area contributed by atoms with Crippen molar-refractivity contribution in [2.24, 2.45) is 0 Å². The van der Waals surface area contributed by atoms with Crippen molar-refractivity contribution in [1.29, 1.82) is 0 Å². The third-order valence-electron chi connectivity index (χ3n) is 2.47. The monoisotopic (exact) mass is 253 g/mol. The van der Waals surface area contributed by atoms with Gasteiger partial charge in [-0.15, -0.1) is 0 Å². The van der Waals surface area contributed by atoms with Crippen LogP contribution in [0.5, 0.6) is 5.75 Å². The minimum Gasteiger partial charge on any atom is -0.495 e. The number of nitrogens with one attached hydrogen (secondary N) is 1. The summed E-state index contributed by atoms with van der Waals surface area (Å²) in [5.41, 5.74) is 1.73. The van der Waals surface area contributed by atoms with Crippen molar-refractivity contribution in [1.82, 2.24) is 0 Å². The first-order chi connectivity index (χ1) is 8.52. The Morgan fingerprint density at radius 3 is 2.89 bits per heavy atom. The molecule has 0 bridgehead atoms. The molecular weight excluding hydrogens is 232 g/mol. The van der Waals surface area contributed by atoms with E-state index in [4.69, 9.17) is 9.84 Å². The number of ether oxygens (including phenoxy) is 1. The number of rotatable bonds is 6. The van der Waals surface area contributed by atoms with Crippen LogP contribution in [0.4, 0.5) is 5.69 Å². The summed E-state index contributed by atoms with van der Waals surface area (Å²) in [5.74, 6) is 0.532. The van der Waals surface area contributed by atoms with Crippen LogP contribution in [-0.2, 0) is 4.79 Å². The van der Waals surface area contributed by atoms with Gasteiger partial charge in [-0.3, -0.25) is 4.79 Å². The highest BCUT2D eigenvalue weighted by Gasteiger charge is 2.09. The first kappa shape index (κ1) is 14.5. The third-order valence-corrected chi connectivity index (χ3v) is 2.47. The molecule has 0 heterocycles. The van der Waals surface area contributed by atoms with E-state index in [0.717, 1.165) is 5.56 Å². The Hall–Kier alpha value is -1.59. The molecule has 0 aliphatic rings. The highest BCUT2D eigenvalue weighted by Crippen LogP contribution is 2.24. The molecule has 1 atom stereocenters. The van der Waals surface area contributed by atoms with Crippen molar-refractivity contribution in [3.05, 3.63) is 23.8 Å². The average molecular weight is 253 g/mol. The Morgan fingerprint density at radius 2 is 2.28 bits per heavy atom. The number of hydrogen-bond acceptors (Lipinski definition) is 3. The largest absolute Gasteiger partial charge is 0.495 e. The maximum Gasteiger partial charge on any atom is 0.279 e. The van der Waals surface area contributed by atoms with Gasteiger partial charge in [0, 0.05) is 0 Å². The minimum absolute atomic E-state index is 0.112. The summed E-state index contributed by atoms with van der Waals surface area (Å²) in [6, 6.07) is 5.61. The molecule has 5 nitrogen and oxygen atoms in total. The fourth-order valence-electron chi connectivity index (χ4n) is 1.58. The van der Waals surface area contributed by atoms with Crippen molar-refractivity contribution >= 4 is 11.6 Å². The molecule has 4 N–H and O–H groups in total. The highest BCUT2D eigenvalue weighted by atomic mass is 16.5. The SMILES string of the molecule is COc1ccc(C)cc1NC(=O)C[NH2+]C[C@H](C)O. The van der Waals surface area contributed by atoms with Gasteiger partial charge >= 0.3 is 0 Å². The molecule has 0 aliphatic carbocycles. The number of quaternary nitrogens is 1. The van der Waals surface area contributed by atoms with Crippen molar-refractivity contribution in [2.75, 3.05) is 25.5 Å². The molecule has 1 aromatic carbocycles. The zero-order valence-electron chi connectivity index (χ0n) is 11.1. The number of nitrogens with two attached hydrogens (primary N) is 1. The van der Waals surface area contributed by atoms with E-state index in [1.807, 2.05) is 25.1 Å². The number of aryl methyl sites for hydroxylation is 1. The summed E-state index contributed by atoms with van der Waals surface area (Å²) < 4.78 is 5.18. The van der Waals surface area contributed by atoms with Crippen LogP contribution in [0.3, 0.4) is 0 Å². The number of aliphatic hydroxyl groups is 1. The highest BCUT2D eigenvalue weighted by molar-refractivity contribution is 5.93. The number of hydrogen-bond donors (Lipinski definition) is 3. The number of anilines is 1. The second-order valence-electron chi connectivity index (χ2n) is 4.33. The maximum absolute atomic E-state index is 11.7. The molecule has 0 saturated carbocycles. The summed E-state index contributed by atoms with van der Waals surface area (Å²) in [5, 5.41) is 13.7. The third kappa shape index (κ3) is 4.73. The molecule has 5 heteroatoms. The molecule has 1 amide bonds. The Bertz CT molecular complexity index is 405. The predicted molar refractivity (Wildman–Crippen MR) is 69.7 cm³/mol. The van der Waals surface area contributed by atoms with E-state index in [0.29, 0.717) is 18.0 Å². The zero-order chi connectivity index (χ0) is 13.5. The van der Waals surface area contributed by atoms with Gasteiger partial charge in [-0.05, 0) is 31.5 Å². The summed E-state index contributed by atoms with van der Waals surface area (Å²) >= 11 is 0. The standard InChI is InChI=1S/C13H20N2O3/c1-9-4-5-12(18-3)11(6-9)15-13(17)8-14-7-10(2)16/h4-6,10,14,16H,7-8H2,1-3H3,(H,15,17)/p+1/t10-/m0/s1. The second-order valence-corrected chi connectivity index (χ2v) is 4.33. The average Bonchev–Trinajstić information content (AvgIpc) is 2.28. The van der Waals surface area contributed by atoms with Crippen LogP contribution in [0.2, 0.25) is 0 Å². The van der Waals surface area contributed by atoms with Gasteiger partial charge in [-0.1, -0.05) is 6.07 Å². The van der Waals surface area contributed by atoms with E-state index < -0.39 is 6.10 Å². The van der Waals surface area contributed by atoms with Gasteiger partial charge in [0.1, 0.15) is 12.3 Å². The number of amides is 1. The summed E-state index contributed by atoms with van der Waals surface area (Å²) in [6.07, 6.45) is -0.411. The molecule has 0 unspecified atom stereocenters. The lowest BCUT2D eigenvalue weighted by Crippen LogP contribution is -2.88. The topological polar surface area (TPSA) is 75.2 Å².